The molecule has 1 aromatic carbocycles. The number of nitrogens with zero attached hydrogens (tertiary/aromatic N) is 1. The van der Waals surface area contributed by atoms with Crippen molar-refractivity contribution in [3.63, 3.8) is 0 Å². The van der Waals surface area contributed by atoms with Crippen LogP contribution in [-0.4, -0.2) is 38.7 Å². The lowest BCUT2D eigenvalue weighted by molar-refractivity contribution is -0.0435. The van der Waals surface area contributed by atoms with Gasteiger partial charge < -0.3 is 10.0 Å². The van der Waals surface area contributed by atoms with E-state index >= 15 is 0 Å². The van der Waals surface area contributed by atoms with E-state index in [-0.39, 0.29) is 18.2 Å². The molecule has 1 aromatic rings. The molecule has 0 amide bonds. The van der Waals surface area contributed by atoms with Crippen molar-refractivity contribution in [1.82, 2.24) is 0 Å². The number of aliphatic hydroxyl groups is 1. The van der Waals surface area contributed by atoms with Crippen molar-refractivity contribution < 1.29 is 26.7 Å². The highest BCUT2D eigenvalue weighted by molar-refractivity contribution is 7.92. The van der Waals surface area contributed by atoms with Gasteiger partial charge in [0.05, 0.1) is 10.6 Å². The molecule has 1 saturated heterocycles. The molecule has 0 bridgehead atoms. The normalized spacial score (nSPS) is 17.4. The van der Waals surface area contributed by atoms with E-state index in [9.17, 15) is 21.6 Å². The van der Waals surface area contributed by atoms with Crippen LogP contribution >= 0.6 is 0 Å². The molecule has 8 heteroatoms. The van der Waals surface area contributed by atoms with Gasteiger partial charge in [-0.15, -0.1) is 0 Å². The topological polar surface area (TPSA) is 57.6 Å². The fourth-order valence-electron chi connectivity index (χ4n) is 1.95. The zero-order valence-corrected chi connectivity index (χ0v) is 10.6. The molecule has 4 nitrogen and oxygen atoms in total. The van der Waals surface area contributed by atoms with Gasteiger partial charge in [-0.2, -0.15) is 13.2 Å². The number of sulfone groups is 1. The lowest BCUT2D eigenvalue weighted by atomic mass is 10.0. The van der Waals surface area contributed by atoms with E-state index in [1.54, 1.807) is 0 Å². The highest BCUT2D eigenvalue weighted by Gasteiger charge is 2.48. The summed E-state index contributed by atoms with van der Waals surface area (Å²) in [5, 5.41) is 8.88. The van der Waals surface area contributed by atoms with Gasteiger partial charge in [0.25, 0.3) is 9.84 Å². The number of anilines is 1. The molecule has 1 aliphatic heterocycles. The Kier molecular flexibility index (Phi) is 3.48. The monoisotopic (exact) mass is 295 g/mol. The largest absolute Gasteiger partial charge is 0.501 e. The zero-order valence-electron chi connectivity index (χ0n) is 9.76. The van der Waals surface area contributed by atoms with Gasteiger partial charge in [-0.25, -0.2) is 8.42 Å². The van der Waals surface area contributed by atoms with E-state index < -0.39 is 20.2 Å². The van der Waals surface area contributed by atoms with E-state index in [1.165, 1.54) is 23.1 Å². The minimum absolute atomic E-state index is 0.0263. The quantitative estimate of drug-likeness (QED) is 0.916. The Balaban J connectivity index is 2.38. The minimum atomic E-state index is -5.36. The summed E-state index contributed by atoms with van der Waals surface area (Å²) in [5.41, 5.74) is -5.28. The Morgan fingerprint density at radius 1 is 1.26 bits per heavy atom. The molecule has 106 valence electrons. The second-order valence-electron chi connectivity index (χ2n) is 4.37. The first-order valence-electron chi connectivity index (χ1n) is 5.53. The molecule has 0 aliphatic carbocycles. The SMILES string of the molecule is O=S(=O)(c1ccccc1N1CC(CO)C1)C(F)(F)F. The van der Waals surface area contributed by atoms with E-state index in [2.05, 4.69) is 0 Å². The van der Waals surface area contributed by atoms with E-state index in [1.807, 2.05) is 0 Å². The number of hydrogen-bond acceptors (Lipinski definition) is 4. The first kappa shape index (κ1) is 14.1. The summed E-state index contributed by atoms with van der Waals surface area (Å²) in [4.78, 5) is 0.776. The lowest BCUT2D eigenvalue weighted by Gasteiger charge is -2.40. The number of halogens is 3. The minimum Gasteiger partial charge on any atom is -0.396 e. The van der Waals surface area contributed by atoms with Crippen LogP contribution in [0.2, 0.25) is 0 Å². The van der Waals surface area contributed by atoms with Gasteiger partial charge >= 0.3 is 5.51 Å². The Labute approximate surface area is 108 Å². The Bertz CT molecular complexity index is 565. The first-order chi connectivity index (χ1) is 8.77. The zero-order chi connectivity index (χ0) is 14.3. The molecule has 19 heavy (non-hydrogen) atoms. The molecular weight excluding hydrogens is 283 g/mol. The van der Waals surface area contributed by atoms with Crippen LogP contribution < -0.4 is 4.90 Å². The summed E-state index contributed by atoms with van der Waals surface area (Å²) >= 11 is 0. The van der Waals surface area contributed by atoms with Crippen molar-refractivity contribution in [2.45, 2.75) is 10.4 Å². The van der Waals surface area contributed by atoms with Gasteiger partial charge in [0.2, 0.25) is 0 Å². The number of rotatable bonds is 3. The van der Waals surface area contributed by atoms with Crippen molar-refractivity contribution in [1.29, 1.82) is 0 Å². The van der Waals surface area contributed by atoms with Crippen LogP contribution in [0.4, 0.5) is 18.9 Å². The van der Waals surface area contributed by atoms with Crippen LogP contribution in [0.25, 0.3) is 0 Å². The third kappa shape index (κ3) is 2.42. The number of benzene rings is 1. The van der Waals surface area contributed by atoms with Crippen molar-refractivity contribution in [2.24, 2.45) is 5.92 Å². The summed E-state index contributed by atoms with van der Waals surface area (Å²) < 4.78 is 60.7. The fraction of sp³-hybridized carbons (Fsp3) is 0.455. The molecule has 1 fully saturated rings. The van der Waals surface area contributed by atoms with Crippen LogP contribution in [0, 0.1) is 5.92 Å². The second-order valence-corrected chi connectivity index (χ2v) is 6.28. The molecule has 0 atom stereocenters. The number of para-hydroxylation sites is 1. The molecule has 1 heterocycles. The van der Waals surface area contributed by atoms with Crippen molar-refractivity contribution in [2.75, 3.05) is 24.6 Å². The average Bonchev–Trinajstić information content (AvgIpc) is 2.26. The smallest absolute Gasteiger partial charge is 0.396 e. The van der Waals surface area contributed by atoms with Crippen molar-refractivity contribution in [3.05, 3.63) is 24.3 Å². The maximum Gasteiger partial charge on any atom is 0.501 e. The van der Waals surface area contributed by atoms with Crippen LogP contribution in [0.1, 0.15) is 0 Å². The molecular formula is C11H12F3NO3S. The molecule has 0 spiro atoms. The van der Waals surface area contributed by atoms with E-state index in [0.717, 1.165) is 6.07 Å². The lowest BCUT2D eigenvalue weighted by Crippen LogP contribution is -2.49. The number of aliphatic hydroxyl groups excluding tert-OH is 1. The summed E-state index contributed by atoms with van der Waals surface area (Å²) in [6.45, 7) is 0.631. The Morgan fingerprint density at radius 3 is 2.37 bits per heavy atom. The Morgan fingerprint density at radius 2 is 1.84 bits per heavy atom. The van der Waals surface area contributed by atoms with Gasteiger partial charge in [-0.1, -0.05) is 12.1 Å². The van der Waals surface area contributed by atoms with Crippen LogP contribution in [0.5, 0.6) is 0 Å². The average molecular weight is 295 g/mol. The number of hydrogen-bond donors (Lipinski definition) is 1. The molecule has 2 rings (SSSR count). The Hall–Kier alpha value is -1.28. The standard InChI is InChI=1S/C11H12F3NO3S/c12-11(13,14)19(17,18)10-4-2-1-3-9(10)15-5-8(6-15)7-16/h1-4,8,16H,5-7H2. The molecule has 0 saturated carbocycles. The van der Waals surface area contributed by atoms with Crippen LogP contribution in [0.3, 0.4) is 0 Å². The highest BCUT2D eigenvalue weighted by atomic mass is 32.2. The van der Waals surface area contributed by atoms with E-state index in [0.29, 0.717) is 13.1 Å². The maximum atomic E-state index is 12.6. The third-order valence-electron chi connectivity index (χ3n) is 3.02. The summed E-state index contributed by atoms with van der Waals surface area (Å²) in [6, 6.07) is 5.03. The van der Waals surface area contributed by atoms with Crippen LogP contribution in [-0.2, 0) is 9.84 Å². The molecule has 0 radical (unpaired) electrons. The summed E-state index contributed by atoms with van der Waals surface area (Å²) in [7, 11) is -5.36. The van der Waals surface area contributed by atoms with Gasteiger partial charge in [0.15, 0.2) is 0 Å². The molecule has 1 aliphatic rings. The number of alkyl halides is 3. The first-order valence-corrected chi connectivity index (χ1v) is 7.02. The van der Waals surface area contributed by atoms with Gasteiger partial charge in [-0.3, -0.25) is 0 Å². The predicted octanol–water partition coefficient (Wildman–Crippen LogP) is 1.41. The van der Waals surface area contributed by atoms with Gasteiger partial charge in [-0.05, 0) is 12.1 Å². The van der Waals surface area contributed by atoms with Crippen molar-refractivity contribution in [3.8, 4) is 0 Å². The van der Waals surface area contributed by atoms with E-state index in [4.69, 9.17) is 5.11 Å². The van der Waals surface area contributed by atoms with Crippen LogP contribution in [0.15, 0.2) is 29.2 Å². The molecule has 0 unspecified atom stereocenters. The summed E-state index contributed by atoms with van der Waals surface area (Å²) in [5.74, 6) is -0.0263. The maximum absolute atomic E-state index is 12.6. The fourth-order valence-corrected chi connectivity index (χ4v) is 2.93. The predicted molar refractivity (Wildman–Crippen MR) is 62.5 cm³/mol. The summed E-state index contributed by atoms with van der Waals surface area (Å²) in [6.07, 6.45) is 0. The van der Waals surface area contributed by atoms with Gasteiger partial charge in [0, 0.05) is 25.6 Å². The second kappa shape index (κ2) is 4.68. The molecule has 1 N–H and O–H groups in total. The molecule has 0 aromatic heterocycles. The van der Waals surface area contributed by atoms with Gasteiger partial charge in [0.1, 0.15) is 0 Å². The van der Waals surface area contributed by atoms with Crippen molar-refractivity contribution >= 4 is 15.5 Å². The third-order valence-corrected chi connectivity index (χ3v) is 4.55. The highest BCUT2D eigenvalue weighted by Crippen LogP contribution is 2.37.